The first-order valence-electron chi connectivity index (χ1n) is 5.00. The summed E-state index contributed by atoms with van der Waals surface area (Å²) in [6.07, 6.45) is 1.67. The molecule has 0 saturated carbocycles. The monoisotopic (exact) mass is 208 g/mol. The number of Topliss-reactive ketones (excluding diaryl/α,β-unsaturated/α-hetero) is 1. The Hall–Kier alpha value is -0.760. The zero-order valence-electron chi connectivity index (χ0n) is 8.53. The second-order valence-electron chi connectivity index (χ2n) is 3.09. The van der Waals surface area contributed by atoms with Crippen LogP contribution in [0.15, 0.2) is 30.3 Å². The number of hydrogen-bond donors (Lipinski definition) is 0. The van der Waals surface area contributed by atoms with Gasteiger partial charge in [0.1, 0.15) is 0 Å². The first-order valence-corrected chi connectivity index (χ1v) is 6.16. The van der Waals surface area contributed by atoms with E-state index in [4.69, 9.17) is 0 Å². The number of ketones is 1. The molecule has 0 aliphatic rings. The molecule has 2 heteroatoms. The minimum Gasteiger partial charge on any atom is -0.294 e. The van der Waals surface area contributed by atoms with E-state index in [1.165, 1.54) is 0 Å². The molecule has 0 aliphatic carbocycles. The highest BCUT2D eigenvalue weighted by Crippen LogP contribution is 2.08. The van der Waals surface area contributed by atoms with Crippen LogP contribution in [0.2, 0.25) is 0 Å². The molecule has 0 bridgehead atoms. The Balaban J connectivity index is 2.29. The van der Waals surface area contributed by atoms with Crippen LogP contribution in [0, 0.1) is 0 Å². The lowest BCUT2D eigenvalue weighted by Gasteiger charge is -2.00. The lowest BCUT2D eigenvalue weighted by molar-refractivity contribution is 0.0982. The highest BCUT2D eigenvalue weighted by Gasteiger charge is 2.03. The average Bonchev–Trinajstić information content (AvgIpc) is 2.25. The van der Waals surface area contributed by atoms with Crippen molar-refractivity contribution in [1.29, 1.82) is 0 Å². The minimum absolute atomic E-state index is 0.266. The molecule has 0 heterocycles. The normalized spacial score (nSPS) is 10.1. The molecule has 0 spiro atoms. The Morgan fingerprint density at radius 2 is 2.00 bits per heavy atom. The fraction of sp³-hybridized carbons (Fsp3) is 0.417. The molecule has 0 saturated heterocycles. The van der Waals surface area contributed by atoms with Gasteiger partial charge in [0.25, 0.3) is 0 Å². The SMILES string of the molecule is CCSCCCC(=O)c1ccccc1. The highest BCUT2D eigenvalue weighted by atomic mass is 32.2. The average molecular weight is 208 g/mol. The minimum atomic E-state index is 0.266. The zero-order valence-corrected chi connectivity index (χ0v) is 9.35. The summed E-state index contributed by atoms with van der Waals surface area (Å²) in [5.41, 5.74) is 0.842. The maximum atomic E-state index is 11.6. The zero-order chi connectivity index (χ0) is 10.2. The molecular formula is C12H16OS. The molecule has 0 unspecified atom stereocenters. The molecule has 0 atom stereocenters. The lowest BCUT2D eigenvalue weighted by atomic mass is 10.1. The van der Waals surface area contributed by atoms with Crippen LogP contribution in [0.1, 0.15) is 30.1 Å². The number of hydrogen-bond acceptors (Lipinski definition) is 2. The van der Waals surface area contributed by atoms with Crippen molar-refractivity contribution in [3.8, 4) is 0 Å². The van der Waals surface area contributed by atoms with Gasteiger partial charge in [0, 0.05) is 12.0 Å². The Morgan fingerprint density at radius 1 is 1.29 bits per heavy atom. The summed E-state index contributed by atoms with van der Waals surface area (Å²) in [5, 5.41) is 0. The summed E-state index contributed by atoms with van der Waals surface area (Å²) < 4.78 is 0. The van der Waals surface area contributed by atoms with Crippen molar-refractivity contribution in [3.63, 3.8) is 0 Å². The van der Waals surface area contributed by atoms with E-state index in [1.54, 1.807) is 0 Å². The van der Waals surface area contributed by atoms with Crippen LogP contribution in [0.25, 0.3) is 0 Å². The molecule has 0 fully saturated rings. The van der Waals surface area contributed by atoms with Crippen molar-refractivity contribution < 1.29 is 4.79 Å². The summed E-state index contributed by atoms with van der Waals surface area (Å²) in [5.74, 6) is 2.50. The topological polar surface area (TPSA) is 17.1 Å². The van der Waals surface area contributed by atoms with Crippen LogP contribution in [0.3, 0.4) is 0 Å². The number of carbonyl (C=O) groups excluding carboxylic acids is 1. The Morgan fingerprint density at radius 3 is 2.64 bits per heavy atom. The van der Waals surface area contributed by atoms with Crippen molar-refractivity contribution in [1.82, 2.24) is 0 Å². The molecule has 0 aliphatic heterocycles. The predicted molar refractivity (Wildman–Crippen MR) is 63.0 cm³/mol. The molecular weight excluding hydrogens is 192 g/mol. The Labute approximate surface area is 89.9 Å². The molecule has 14 heavy (non-hydrogen) atoms. The van der Waals surface area contributed by atoms with E-state index in [0.29, 0.717) is 6.42 Å². The van der Waals surface area contributed by atoms with Crippen molar-refractivity contribution in [2.45, 2.75) is 19.8 Å². The summed E-state index contributed by atoms with van der Waals surface area (Å²) in [6.45, 7) is 2.14. The van der Waals surface area contributed by atoms with Crippen LogP contribution in [-0.4, -0.2) is 17.3 Å². The summed E-state index contributed by atoms with van der Waals surface area (Å²) in [6, 6.07) is 9.52. The van der Waals surface area contributed by atoms with Gasteiger partial charge in [-0.2, -0.15) is 11.8 Å². The van der Waals surface area contributed by atoms with Gasteiger partial charge < -0.3 is 0 Å². The van der Waals surface area contributed by atoms with E-state index in [1.807, 2.05) is 42.1 Å². The van der Waals surface area contributed by atoms with Gasteiger partial charge in [0.2, 0.25) is 0 Å². The smallest absolute Gasteiger partial charge is 0.162 e. The van der Waals surface area contributed by atoms with Crippen LogP contribution in [-0.2, 0) is 0 Å². The Bertz CT molecular complexity index is 269. The van der Waals surface area contributed by atoms with Gasteiger partial charge in [-0.15, -0.1) is 0 Å². The third-order valence-corrected chi connectivity index (χ3v) is 2.98. The van der Waals surface area contributed by atoms with Gasteiger partial charge in [-0.3, -0.25) is 4.79 Å². The van der Waals surface area contributed by atoms with Gasteiger partial charge in [-0.1, -0.05) is 37.3 Å². The number of rotatable bonds is 6. The van der Waals surface area contributed by atoms with E-state index in [2.05, 4.69) is 6.92 Å². The molecule has 1 nitrogen and oxygen atoms in total. The van der Waals surface area contributed by atoms with Gasteiger partial charge in [0.05, 0.1) is 0 Å². The second-order valence-corrected chi connectivity index (χ2v) is 4.48. The van der Waals surface area contributed by atoms with Crippen LogP contribution in [0.4, 0.5) is 0 Å². The van der Waals surface area contributed by atoms with Crippen molar-refractivity contribution in [3.05, 3.63) is 35.9 Å². The molecule has 1 aromatic carbocycles. The molecule has 1 aromatic rings. The predicted octanol–water partition coefficient (Wildman–Crippen LogP) is 3.40. The quantitative estimate of drug-likeness (QED) is 0.526. The third-order valence-electron chi connectivity index (χ3n) is 1.99. The highest BCUT2D eigenvalue weighted by molar-refractivity contribution is 7.99. The van der Waals surface area contributed by atoms with Crippen LogP contribution < -0.4 is 0 Å². The van der Waals surface area contributed by atoms with Gasteiger partial charge >= 0.3 is 0 Å². The fourth-order valence-corrected chi connectivity index (χ4v) is 1.88. The fourth-order valence-electron chi connectivity index (χ4n) is 1.25. The summed E-state index contributed by atoms with van der Waals surface area (Å²) in [7, 11) is 0. The Kier molecular flexibility index (Phi) is 5.38. The largest absolute Gasteiger partial charge is 0.294 e. The standard InChI is InChI=1S/C12H16OS/c1-2-14-10-6-9-12(13)11-7-4-3-5-8-11/h3-5,7-8H,2,6,9-10H2,1H3. The second kappa shape index (κ2) is 6.66. The van der Waals surface area contributed by atoms with Crippen molar-refractivity contribution in [2.75, 3.05) is 11.5 Å². The lowest BCUT2D eigenvalue weighted by Crippen LogP contribution is -1.99. The summed E-state index contributed by atoms with van der Waals surface area (Å²) >= 11 is 1.89. The van der Waals surface area contributed by atoms with E-state index in [9.17, 15) is 4.79 Å². The number of carbonyl (C=O) groups is 1. The van der Waals surface area contributed by atoms with E-state index >= 15 is 0 Å². The van der Waals surface area contributed by atoms with E-state index < -0.39 is 0 Å². The van der Waals surface area contributed by atoms with E-state index in [-0.39, 0.29) is 5.78 Å². The van der Waals surface area contributed by atoms with Crippen molar-refractivity contribution in [2.24, 2.45) is 0 Å². The van der Waals surface area contributed by atoms with Crippen molar-refractivity contribution >= 4 is 17.5 Å². The van der Waals surface area contributed by atoms with Gasteiger partial charge in [-0.05, 0) is 17.9 Å². The third kappa shape index (κ3) is 3.97. The van der Waals surface area contributed by atoms with Gasteiger partial charge in [0.15, 0.2) is 5.78 Å². The molecule has 76 valence electrons. The van der Waals surface area contributed by atoms with Crippen LogP contribution in [0.5, 0.6) is 0 Å². The maximum Gasteiger partial charge on any atom is 0.162 e. The molecule has 0 aromatic heterocycles. The molecule has 0 radical (unpaired) electrons. The molecule has 0 N–H and O–H groups in total. The van der Waals surface area contributed by atoms with Gasteiger partial charge in [-0.25, -0.2) is 0 Å². The maximum absolute atomic E-state index is 11.6. The molecule has 1 rings (SSSR count). The number of benzene rings is 1. The van der Waals surface area contributed by atoms with E-state index in [0.717, 1.165) is 23.5 Å². The first-order chi connectivity index (χ1) is 6.84. The number of thioether (sulfide) groups is 1. The first kappa shape index (κ1) is 11.3. The molecule has 0 amide bonds. The summed E-state index contributed by atoms with van der Waals surface area (Å²) in [4.78, 5) is 11.6. The van der Waals surface area contributed by atoms with Crippen LogP contribution >= 0.6 is 11.8 Å².